The van der Waals surface area contributed by atoms with Crippen LogP contribution in [0.3, 0.4) is 0 Å². The van der Waals surface area contributed by atoms with Crippen molar-refractivity contribution in [1.29, 1.82) is 0 Å². The Hall–Kier alpha value is -1.22. The van der Waals surface area contributed by atoms with Gasteiger partial charge in [-0.2, -0.15) is 0 Å². The molecule has 2 atom stereocenters. The molecule has 1 aliphatic carbocycles. The third-order valence-electron chi connectivity index (χ3n) is 4.43. The predicted octanol–water partition coefficient (Wildman–Crippen LogP) is 3.76. The third-order valence-corrected chi connectivity index (χ3v) is 4.43. The number of nitrogens with one attached hydrogen (secondary N) is 1. The monoisotopic (exact) mass is 277 g/mol. The van der Waals surface area contributed by atoms with Crippen molar-refractivity contribution >= 4 is 0 Å². The molecule has 0 bridgehead atoms. The molecule has 0 saturated heterocycles. The molecule has 20 heavy (non-hydrogen) atoms. The lowest BCUT2D eigenvalue weighted by Gasteiger charge is -2.29. The van der Waals surface area contributed by atoms with Crippen LogP contribution in [0.2, 0.25) is 0 Å². The van der Waals surface area contributed by atoms with E-state index < -0.39 is 0 Å². The topological polar surface area (TPSA) is 30.5 Å². The first-order valence-corrected chi connectivity index (χ1v) is 7.71. The van der Waals surface area contributed by atoms with Crippen molar-refractivity contribution in [3.63, 3.8) is 0 Å². The second-order valence-electron chi connectivity index (χ2n) is 5.67. The summed E-state index contributed by atoms with van der Waals surface area (Å²) in [5, 5.41) is 3.69. The molecule has 112 valence electrons. The highest BCUT2D eigenvalue weighted by Crippen LogP contribution is 2.31. The molecule has 0 spiro atoms. The highest BCUT2D eigenvalue weighted by Gasteiger charge is 2.20. The van der Waals surface area contributed by atoms with Gasteiger partial charge in [0.15, 0.2) is 11.5 Å². The summed E-state index contributed by atoms with van der Waals surface area (Å²) in [6.07, 6.45) is 6.66. The number of para-hydroxylation sites is 1. The summed E-state index contributed by atoms with van der Waals surface area (Å²) >= 11 is 0. The van der Waals surface area contributed by atoms with Gasteiger partial charge in [-0.3, -0.25) is 0 Å². The number of ether oxygens (including phenoxy) is 2. The second-order valence-corrected chi connectivity index (χ2v) is 5.67. The lowest BCUT2D eigenvalue weighted by atomic mass is 9.84. The zero-order valence-corrected chi connectivity index (χ0v) is 12.9. The van der Waals surface area contributed by atoms with E-state index in [1.165, 1.54) is 37.7 Å². The first-order chi connectivity index (χ1) is 9.78. The number of rotatable bonds is 6. The molecular formula is C17H27NO2. The number of hydrogen-bond acceptors (Lipinski definition) is 3. The lowest BCUT2D eigenvalue weighted by Crippen LogP contribution is -2.33. The van der Waals surface area contributed by atoms with E-state index in [1.54, 1.807) is 14.2 Å². The summed E-state index contributed by atoms with van der Waals surface area (Å²) in [5.41, 5.74) is 1.17. The number of hydrogen-bond donors (Lipinski definition) is 1. The molecule has 1 saturated carbocycles. The van der Waals surface area contributed by atoms with E-state index in [4.69, 9.17) is 9.47 Å². The largest absolute Gasteiger partial charge is 0.493 e. The average molecular weight is 277 g/mol. The van der Waals surface area contributed by atoms with Crippen molar-refractivity contribution in [3.05, 3.63) is 23.8 Å². The number of benzene rings is 1. The Balaban J connectivity index is 1.96. The van der Waals surface area contributed by atoms with E-state index in [0.29, 0.717) is 6.04 Å². The molecule has 0 aliphatic heterocycles. The van der Waals surface area contributed by atoms with Crippen molar-refractivity contribution in [2.45, 2.75) is 51.6 Å². The summed E-state index contributed by atoms with van der Waals surface area (Å²) < 4.78 is 10.8. The van der Waals surface area contributed by atoms with Gasteiger partial charge in [-0.1, -0.05) is 38.3 Å². The van der Waals surface area contributed by atoms with E-state index in [1.807, 2.05) is 12.1 Å². The summed E-state index contributed by atoms with van der Waals surface area (Å²) in [6, 6.07) is 6.71. The molecule has 2 rings (SSSR count). The Kier molecular flexibility index (Phi) is 5.72. The van der Waals surface area contributed by atoms with E-state index in [9.17, 15) is 0 Å². The molecule has 3 heteroatoms. The minimum Gasteiger partial charge on any atom is -0.493 e. The molecular weight excluding hydrogens is 250 g/mol. The van der Waals surface area contributed by atoms with Gasteiger partial charge >= 0.3 is 0 Å². The van der Waals surface area contributed by atoms with Crippen LogP contribution in [0.15, 0.2) is 18.2 Å². The highest BCUT2D eigenvalue weighted by molar-refractivity contribution is 5.46. The van der Waals surface area contributed by atoms with E-state index in [0.717, 1.165) is 24.0 Å². The summed E-state index contributed by atoms with van der Waals surface area (Å²) in [7, 11) is 3.39. The average Bonchev–Trinajstić information content (AvgIpc) is 2.52. The number of methoxy groups -OCH3 is 2. The molecule has 0 radical (unpaired) electrons. The van der Waals surface area contributed by atoms with E-state index in [-0.39, 0.29) is 0 Å². The standard InChI is InChI=1S/C17H27NO2/c1-4-13-7-5-9-15(11-13)18-12-14-8-6-10-16(19-2)17(14)20-3/h6,8,10,13,15,18H,4-5,7,9,11-12H2,1-3H3. The molecule has 1 N–H and O–H groups in total. The van der Waals surface area contributed by atoms with E-state index >= 15 is 0 Å². The maximum absolute atomic E-state index is 5.48. The minimum atomic E-state index is 0.643. The van der Waals surface area contributed by atoms with Crippen molar-refractivity contribution in [3.8, 4) is 11.5 Å². The molecule has 1 aromatic rings. The Morgan fingerprint density at radius 3 is 2.75 bits per heavy atom. The second kappa shape index (κ2) is 7.53. The zero-order valence-electron chi connectivity index (χ0n) is 12.9. The Labute approximate surface area is 122 Å². The van der Waals surface area contributed by atoms with Crippen LogP contribution in [0.25, 0.3) is 0 Å². The van der Waals surface area contributed by atoms with Crippen molar-refractivity contribution in [1.82, 2.24) is 5.32 Å². The SMILES string of the molecule is CCC1CCCC(NCc2cccc(OC)c2OC)C1. The van der Waals surface area contributed by atoms with Gasteiger partial charge in [-0.15, -0.1) is 0 Å². The summed E-state index contributed by atoms with van der Waals surface area (Å²) in [4.78, 5) is 0. The fourth-order valence-electron chi connectivity index (χ4n) is 3.19. The van der Waals surface area contributed by atoms with Gasteiger partial charge in [0.05, 0.1) is 14.2 Å². The van der Waals surface area contributed by atoms with Crippen LogP contribution >= 0.6 is 0 Å². The van der Waals surface area contributed by atoms with Gasteiger partial charge in [0.25, 0.3) is 0 Å². The lowest BCUT2D eigenvalue weighted by molar-refractivity contribution is 0.277. The van der Waals surface area contributed by atoms with Gasteiger partial charge in [0.2, 0.25) is 0 Å². The molecule has 0 aromatic heterocycles. The normalized spacial score (nSPS) is 22.6. The molecule has 1 fully saturated rings. The van der Waals surface area contributed by atoms with Crippen LogP contribution in [0, 0.1) is 5.92 Å². The fraction of sp³-hybridized carbons (Fsp3) is 0.647. The first-order valence-electron chi connectivity index (χ1n) is 7.71. The third kappa shape index (κ3) is 3.66. The van der Waals surface area contributed by atoms with Gasteiger partial charge < -0.3 is 14.8 Å². The summed E-state index contributed by atoms with van der Waals surface area (Å²) in [6.45, 7) is 3.15. The fourth-order valence-corrected chi connectivity index (χ4v) is 3.19. The maximum Gasteiger partial charge on any atom is 0.165 e. The quantitative estimate of drug-likeness (QED) is 0.858. The maximum atomic E-state index is 5.48. The van der Waals surface area contributed by atoms with Gasteiger partial charge in [-0.25, -0.2) is 0 Å². The first kappa shape index (κ1) is 15.2. The molecule has 3 nitrogen and oxygen atoms in total. The van der Waals surface area contributed by atoms with Crippen LogP contribution in [0.4, 0.5) is 0 Å². The smallest absolute Gasteiger partial charge is 0.165 e. The van der Waals surface area contributed by atoms with Gasteiger partial charge in [0.1, 0.15) is 0 Å². The van der Waals surface area contributed by atoms with Gasteiger partial charge in [-0.05, 0) is 24.8 Å². The van der Waals surface area contributed by atoms with Crippen LogP contribution in [-0.4, -0.2) is 20.3 Å². The zero-order chi connectivity index (χ0) is 14.4. The van der Waals surface area contributed by atoms with Crippen LogP contribution in [-0.2, 0) is 6.54 Å². The minimum absolute atomic E-state index is 0.643. The molecule has 0 heterocycles. The predicted molar refractivity (Wildman–Crippen MR) is 82.4 cm³/mol. The highest BCUT2D eigenvalue weighted by atomic mass is 16.5. The van der Waals surface area contributed by atoms with E-state index in [2.05, 4.69) is 18.3 Å². The van der Waals surface area contributed by atoms with Crippen molar-refractivity contribution in [2.24, 2.45) is 5.92 Å². The van der Waals surface area contributed by atoms with Crippen LogP contribution in [0.5, 0.6) is 11.5 Å². The molecule has 2 unspecified atom stereocenters. The van der Waals surface area contributed by atoms with Gasteiger partial charge in [0, 0.05) is 18.2 Å². The molecule has 1 aliphatic rings. The van der Waals surface area contributed by atoms with Crippen LogP contribution in [0.1, 0.15) is 44.6 Å². The Morgan fingerprint density at radius 1 is 1.20 bits per heavy atom. The molecule has 1 aromatic carbocycles. The Morgan fingerprint density at radius 2 is 2.05 bits per heavy atom. The Bertz CT molecular complexity index is 419. The van der Waals surface area contributed by atoms with Crippen molar-refractivity contribution in [2.75, 3.05) is 14.2 Å². The molecule has 0 amide bonds. The summed E-state index contributed by atoms with van der Waals surface area (Å²) in [5.74, 6) is 2.56. The van der Waals surface area contributed by atoms with Crippen molar-refractivity contribution < 1.29 is 9.47 Å². The van der Waals surface area contributed by atoms with Crippen LogP contribution < -0.4 is 14.8 Å².